The van der Waals surface area contributed by atoms with Gasteiger partial charge in [-0.05, 0) is 60.6 Å². The van der Waals surface area contributed by atoms with Crippen LogP contribution >= 0.6 is 0 Å². The van der Waals surface area contributed by atoms with Gasteiger partial charge >= 0.3 is 5.97 Å². The molecular weight excluding hydrogens is 605 g/mol. The lowest BCUT2D eigenvalue weighted by atomic mass is 9.79. The van der Waals surface area contributed by atoms with Gasteiger partial charge in [0.15, 0.2) is 16.6 Å². The molecule has 260 valence electrons. The molecule has 3 aliphatic rings. The summed E-state index contributed by atoms with van der Waals surface area (Å²) in [5.41, 5.74) is 1.03. The number of fused-ring (bicyclic) bond motifs is 1. The van der Waals surface area contributed by atoms with Crippen molar-refractivity contribution in [2.24, 2.45) is 11.8 Å². The second kappa shape index (κ2) is 14.7. The average molecular weight is 669 g/mol. The van der Waals surface area contributed by atoms with Gasteiger partial charge in [0.05, 0.1) is 43.2 Å². The summed E-state index contributed by atoms with van der Waals surface area (Å²) in [4.78, 5) is 23.4. The van der Waals surface area contributed by atoms with Crippen LogP contribution in [0.1, 0.15) is 94.4 Å². The molecule has 0 N–H and O–H groups in total. The third kappa shape index (κ3) is 9.39. The van der Waals surface area contributed by atoms with Gasteiger partial charge in [0.25, 0.3) is 0 Å². The molecule has 10 atom stereocenters. The molecule has 10 heteroatoms. The van der Waals surface area contributed by atoms with Gasteiger partial charge in [-0.15, -0.1) is 0 Å². The normalized spacial score (nSPS) is 35.1. The van der Waals surface area contributed by atoms with Crippen molar-refractivity contribution in [2.45, 2.75) is 180 Å². The average Bonchev–Trinajstić information content (AvgIpc) is 2.89. The zero-order valence-electron chi connectivity index (χ0n) is 30.6. The van der Waals surface area contributed by atoms with Crippen LogP contribution in [0.3, 0.4) is 0 Å². The molecular formula is C35H64O8Si2. The largest absolute Gasteiger partial charge is 0.459 e. The fourth-order valence-electron chi connectivity index (χ4n) is 6.31. The summed E-state index contributed by atoms with van der Waals surface area (Å²) in [6.45, 7) is 33.2. The SMILES string of the molecule is C=C1C(C[C@@H]2O[C@H]3C[C@@H](O[Si](C)(C)C(C)(C)C)[C@@H](CO[Si](C)(C)C(C)(C)C)O[C@H]3[C@H](C)C2OC(C)=O)OC(CCC=O)C[C@H]1C. The van der Waals surface area contributed by atoms with Crippen LogP contribution in [0, 0.1) is 11.8 Å². The fourth-order valence-corrected chi connectivity index (χ4v) is 8.68. The third-order valence-corrected chi connectivity index (χ3v) is 20.4. The lowest BCUT2D eigenvalue weighted by Crippen LogP contribution is -2.63. The van der Waals surface area contributed by atoms with E-state index in [1.54, 1.807) is 0 Å². The van der Waals surface area contributed by atoms with E-state index in [0.717, 1.165) is 18.3 Å². The van der Waals surface area contributed by atoms with E-state index in [9.17, 15) is 9.59 Å². The third-order valence-electron chi connectivity index (χ3n) is 11.4. The van der Waals surface area contributed by atoms with Gasteiger partial charge in [0.1, 0.15) is 18.5 Å². The zero-order valence-corrected chi connectivity index (χ0v) is 32.6. The first-order chi connectivity index (χ1) is 20.6. The molecule has 3 aliphatic heterocycles. The first-order valence-corrected chi connectivity index (χ1v) is 23.0. The number of carbonyl (C=O) groups is 2. The van der Waals surface area contributed by atoms with E-state index in [0.29, 0.717) is 32.3 Å². The number of esters is 1. The van der Waals surface area contributed by atoms with Crippen LogP contribution in [0.2, 0.25) is 36.3 Å². The fraction of sp³-hybridized carbons (Fsp3) is 0.886. The molecule has 0 spiro atoms. The van der Waals surface area contributed by atoms with Crippen LogP contribution in [0.15, 0.2) is 12.2 Å². The van der Waals surface area contributed by atoms with Gasteiger partial charge in [-0.3, -0.25) is 4.79 Å². The Labute approximate surface area is 275 Å². The second-order valence-corrected chi connectivity index (χ2v) is 26.5. The first kappa shape index (κ1) is 38.6. The van der Waals surface area contributed by atoms with Crippen LogP contribution in [-0.2, 0) is 37.4 Å². The highest BCUT2D eigenvalue weighted by Crippen LogP contribution is 2.45. The van der Waals surface area contributed by atoms with Crippen molar-refractivity contribution in [1.29, 1.82) is 0 Å². The highest BCUT2D eigenvalue weighted by molar-refractivity contribution is 6.74. The summed E-state index contributed by atoms with van der Waals surface area (Å²) in [5.74, 6) is -0.183. The number of aldehydes is 1. The van der Waals surface area contributed by atoms with Crippen molar-refractivity contribution in [3.63, 3.8) is 0 Å². The zero-order chi connectivity index (χ0) is 34.1. The molecule has 0 amide bonds. The highest BCUT2D eigenvalue weighted by atomic mass is 28.4. The molecule has 0 aromatic carbocycles. The Kier molecular flexibility index (Phi) is 12.6. The lowest BCUT2D eigenvalue weighted by molar-refractivity contribution is -0.272. The maximum atomic E-state index is 12.4. The Morgan fingerprint density at radius 2 is 1.58 bits per heavy atom. The van der Waals surface area contributed by atoms with Crippen LogP contribution < -0.4 is 0 Å². The monoisotopic (exact) mass is 668 g/mol. The van der Waals surface area contributed by atoms with E-state index < -0.39 is 22.7 Å². The Hall–Kier alpha value is -0.886. The molecule has 0 saturated carbocycles. The van der Waals surface area contributed by atoms with Crippen molar-refractivity contribution in [2.75, 3.05) is 6.61 Å². The molecule has 0 aromatic heterocycles. The van der Waals surface area contributed by atoms with Crippen LogP contribution in [0.25, 0.3) is 0 Å². The number of ether oxygens (including phenoxy) is 4. The topological polar surface area (TPSA) is 89.5 Å². The Morgan fingerprint density at radius 3 is 2.13 bits per heavy atom. The van der Waals surface area contributed by atoms with Crippen molar-refractivity contribution in [1.82, 2.24) is 0 Å². The summed E-state index contributed by atoms with van der Waals surface area (Å²) in [6, 6.07) is 0. The van der Waals surface area contributed by atoms with Crippen molar-refractivity contribution in [3.05, 3.63) is 12.2 Å². The minimum atomic E-state index is -2.15. The van der Waals surface area contributed by atoms with Crippen LogP contribution in [0.5, 0.6) is 0 Å². The molecule has 0 radical (unpaired) electrons. The standard InChI is InChI=1S/C35H64O8Si2/c1-22-18-26(16-15-17-36)40-27(23(22)2)19-29-32(39-25(4)37)24(3)33-30(41-29)20-28(43-45(13,14)35(8,9)10)31(42-33)21-38-44(11,12)34(5,6)7/h17,22,24,26-33H,2,15-16,18-21H2,1,3-14H3/t22-,24-,26?,27?,28-,29+,30+,31-,32?,33+/m1/s1. The predicted octanol–water partition coefficient (Wildman–Crippen LogP) is 7.61. The Morgan fingerprint density at radius 1 is 0.956 bits per heavy atom. The van der Waals surface area contributed by atoms with Gasteiger partial charge in [-0.25, -0.2) is 0 Å². The summed E-state index contributed by atoms with van der Waals surface area (Å²) in [5, 5.41) is 0.109. The van der Waals surface area contributed by atoms with Gasteiger partial charge in [0, 0.05) is 32.1 Å². The van der Waals surface area contributed by atoms with Crippen LogP contribution in [-0.4, -0.2) is 84.3 Å². The summed E-state index contributed by atoms with van der Waals surface area (Å²) < 4.78 is 40.1. The molecule has 3 unspecified atom stereocenters. The predicted molar refractivity (Wildman–Crippen MR) is 183 cm³/mol. The molecule has 0 aromatic rings. The molecule has 45 heavy (non-hydrogen) atoms. The van der Waals surface area contributed by atoms with Gasteiger partial charge < -0.3 is 32.6 Å². The van der Waals surface area contributed by atoms with E-state index in [4.69, 9.17) is 27.8 Å². The molecule has 3 rings (SSSR count). The summed E-state index contributed by atoms with van der Waals surface area (Å²) in [6.07, 6.45) is 2.11. The van der Waals surface area contributed by atoms with Crippen molar-refractivity contribution in [3.8, 4) is 0 Å². The number of hydrogen-bond acceptors (Lipinski definition) is 8. The highest BCUT2D eigenvalue weighted by Gasteiger charge is 2.54. The molecule has 0 aliphatic carbocycles. The van der Waals surface area contributed by atoms with E-state index in [2.05, 4.69) is 88.2 Å². The Bertz CT molecular complexity index is 1030. The first-order valence-electron chi connectivity index (χ1n) is 17.2. The number of rotatable bonds is 11. The summed E-state index contributed by atoms with van der Waals surface area (Å²) >= 11 is 0. The Balaban J connectivity index is 1.89. The van der Waals surface area contributed by atoms with Crippen molar-refractivity contribution < 1.29 is 37.4 Å². The molecule has 0 bridgehead atoms. The van der Waals surface area contributed by atoms with E-state index in [1.165, 1.54) is 6.92 Å². The van der Waals surface area contributed by atoms with E-state index >= 15 is 0 Å². The maximum Gasteiger partial charge on any atom is 0.303 e. The maximum absolute atomic E-state index is 12.4. The quantitative estimate of drug-likeness (QED) is 0.0962. The van der Waals surface area contributed by atoms with Crippen LogP contribution in [0.4, 0.5) is 0 Å². The van der Waals surface area contributed by atoms with Gasteiger partial charge in [-0.2, -0.15) is 0 Å². The second-order valence-electron chi connectivity index (χ2n) is 16.9. The molecule has 8 nitrogen and oxygen atoms in total. The van der Waals surface area contributed by atoms with E-state index in [1.807, 2.05) is 0 Å². The van der Waals surface area contributed by atoms with Gasteiger partial charge in [-0.1, -0.05) is 62.0 Å². The minimum Gasteiger partial charge on any atom is -0.459 e. The summed E-state index contributed by atoms with van der Waals surface area (Å²) in [7, 11) is -4.19. The minimum absolute atomic E-state index is 0.0105. The van der Waals surface area contributed by atoms with Gasteiger partial charge in [0.2, 0.25) is 0 Å². The lowest BCUT2D eigenvalue weighted by Gasteiger charge is -2.53. The number of hydrogen-bond donors (Lipinski definition) is 0. The number of carbonyl (C=O) groups excluding carboxylic acids is 2. The smallest absolute Gasteiger partial charge is 0.303 e. The molecule has 3 fully saturated rings. The van der Waals surface area contributed by atoms with Crippen molar-refractivity contribution >= 4 is 28.9 Å². The molecule has 3 saturated heterocycles. The molecule has 3 heterocycles. The van der Waals surface area contributed by atoms with E-state index in [-0.39, 0.29) is 70.6 Å².